The van der Waals surface area contributed by atoms with Crippen LogP contribution in [0.15, 0.2) is 24.3 Å². The Hall–Kier alpha value is -2.49. The molecular weight excluding hydrogens is 344 g/mol. The fraction of sp³-hybridized carbons (Fsp3) is 0.467. The van der Waals surface area contributed by atoms with Crippen molar-refractivity contribution in [2.45, 2.75) is 13.8 Å². The average Bonchev–Trinajstić information content (AvgIpc) is 2.92. The number of nitrogens with zero attached hydrogens (tertiary/aromatic N) is 4. The minimum Gasteiger partial charge on any atom is -0.337 e. The van der Waals surface area contributed by atoms with Gasteiger partial charge in [-0.2, -0.15) is 4.80 Å². The van der Waals surface area contributed by atoms with Crippen molar-refractivity contribution in [1.82, 2.24) is 25.5 Å². The molecule has 2 rings (SSSR count). The standard InChI is InChI=1S/C15H22N6O3S/c1-11(2)10-25(23,24)8-7-16-15(22)17-13-6-4-5-12(9-13)14-18-20-21(3)19-14/h4-6,9,11H,7-8,10H2,1-3H3,(H2,16,17,22). The Morgan fingerprint density at radius 1 is 1.32 bits per heavy atom. The van der Waals surface area contributed by atoms with Crippen molar-refractivity contribution in [3.8, 4) is 11.4 Å². The maximum Gasteiger partial charge on any atom is 0.319 e. The summed E-state index contributed by atoms with van der Waals surface area (Å²) in [5.74, 6) is 0.550. The van der Waals surface area contributed by atoms with Gasteiger partial charge in [0.05, 0.1) is 18.6 Å². The fourth-order valence-electron chi connectivity index (χ4n) is 2.22. The summed E-state index contributed by atoms with van der Waals surface area (Å²) < 4.78 is 23.6. The van der Waals surface area contributed by atoms with Gasteiger partial charge in [0.1, 0.15) is 0 Å². The number of tetrazole rings is 1. The molecule has 0 radical (unpaired) electrons. The van der Waals surface area contributed by atoms with Crippen LogP contribution in [0.3, 0.4) is 0 Å². The molecule has 2 N–H and O–H groups in total. The van der Waals surface area contributed by atoms with Crippen LogP contribution in [-0.4, -0.2) is 52.7 Å². The van der Waals surface area contributed by atoms with E-state index in [1.165, 1.54) is 4.80 Å². The second-order valence-corrected chi connectivity index (χ2v) is 8.30. The molecule has 9 nitrogen and oxygen atoms in total. The number of aryl methyl sites for hydroxylation is 1. The summed E-state index contributed by atoms with van der Waals surface area (Å²) in [5.41, 5.74) is 1.26. The summed E-state index contributed by atoms with van der Waals surface area (Å²) in [4.78, 5) is 13.3. The number of sulfone groups is 1. The normalized spacial score (nSPS) is 11.5. The zero-order valence-electron chi connectivity index (χ0n) is 14.4. The largest absolute Gasteiger partial charge is 0.337 e. The molecule has 0 aliphatic rings. The first-order valence-corrected chi connectivity index (χ1v) is 9.67. The monoisotopic (exact) mass is 366 g/mol. The molecule has 0 unspecified atom stereocenters. The second-order valence-electron chi connectivity index (χ2n) is 6.07. The van der Waals surface area contributed by atoms with Crippen molar-refractivity contribution in [2.75, 3.05) is 23.4 Å². The molecule has 0 bridgehead atoms. The lowest BCUT2D eigenvalue weighted by molar-refractivity contribution is 0.252. The van der Waals surface area contributed by atoms with E-state index >= 15 is 0 Å². The summed E-state index contributed by atoms with van der Waals surface area (Å²) in [5, 5.41) is 17.0. The summed E-state index contributed by atoms with van der Waals surface area (Å²) in [7, 11) is -1.49. The van der Waals surface area contributed by atoms with Crippen molar-refractivity contribution < 1.29 is 13.2 Å². The summed E-state index contributed by atoms with van der Waals surface area (Å²) in [6.07, 6.45) is 0. The molecule has 1 heterocycles. The highest BCUT2D eigenvalue weighted by atomic mass is 32.2. The highest BCUT2D eigenvalue weighted by Gasteiger charge is 2.13. The maximum atomic E-state index is 11.9. The lowest BCUT2D eigenvalue weighted by atomic mass is 10.2. The third-order valence-corrected chi connectivity index (χ3v) is 5.17. The number of carbonyl (C=O) groups is 1. The van der Waals surface area contributed by atoms with Crippen LogP contribution < -0.4 is 10.6 Å². The Morgan fingerprint density at radius 2 is 2.08 bits per heavy atom. The van der Waals surface area contributed by atoms with Crippen molar-refractivity contribution >= 4 is 21.6 Å². The zero-order chi connectivity index (χ0) is 18.4. The molecule has 0 aliphatic carbocycles. The first-order valence-electron chi connectivity index (χ1n) is 7.85. The van der Waals surface area contributed by atoms with E-state index in [1.54, 1.807) is 31.3 Å². The zero-order valence-corrected chi connectivity index (χ0v) is 15.2. The minimum atomic E-state index is -3.16. The van der Waals surface area contributed by atoms with E-state index in [4.69, 9.17) is 0 Å². The van der Waals surface area contributed by atoms with Gasteiger partial charge in [0.2, 0.25) is 5.82 Å². The molecule has 1 aromatic heterocycles. The molecule has 0 spiro atoms. The molecule has 10 heteroatoms. The smallest absolute Gasteiger partial charge is 0.319 e. The number of rotatable bonds is 7. The van der Waals surface area contributed by atoms with Crippen molar-refractivity contribution in [2.24, 2.45) is 13.0 Å². The molecule has 0 saturated carbocycles. The fourth-order valence-corrected chi connectivity index (χ4v) is 3.82. The molecule has 25 heavy (non-hydrogen) atoms. The first kappa shape index (κ1) is 18.8. The van der Waals surface area contributed by atoms with Crippen LogP contribution in [-0.2, 0) is 16.9 Å². The van der Waals surface area contributed by atoms with Crippen LogP contribution in [0.1, 0.15) is 13.8 Å². The van der Waals surface area contributed by atoms with Gasteiger partial charge in [-0.1, -0.05) is 26.0 Å². The van der Waals surface area contributed by atoms with E-state index in [1.807, 2.05) is 13.8 Å². The van der Waals surface area contributed by atoms with E-state index in [0.29, 0.717) is 17.1 Å². The average molecular weight is 366 g/mol. The molecule has 1 aromatic carbocycles. The van der Waals surface area contributed by atoms with Gasteiger partial charge < -0.3 is 10.6 Å². The van der Waals surface area contributed by atoms with E-state index in [-0.39, 0.29) is 24.0 Å². The SMILES string of the molecule is CC(C)CS(=O)(=O)CCNC(=O)Nc1cccc(-c2nnn(C)n2)c1. The van der Waals surface area contributed by atoms with Gasteiger partial charge >= 0.3 is 6.03 Å². The van der Waals surface area contributed by atoms with Gasteiger partial charge in [-0.3, -0.25) is 0 Å². The number of hydrogen-bond donors (Lipinski definition) is 2. The number of amides is 2. The number of nitrogens with one attached hydrogen (secondary N) is 2. The highest BCUT2D eigenvalue weighted by molar-refractivity contribution is 7.91. The Balaban J connectivity index is 1.89. The van der Waals surface area contributed by atoms with Crippen LogP contribution in [0.2, 0.25) is 0 Å². The van der Waals surface area contributed by atoms with E-state index in [2.05, 4.69) is 26.0 Å². The number of anilines is 1. The van der Waals surface area contributed by atoms with Crippen LogP contribution >= 0.6 is 0 Å². The number of hydrogen-bond acceptors (Lipinski definition) is 6. The molecular formula is C15H22N6O3S. The Labute approximate surface area is 146 Å². The van der Waals surface area contributed by atoms with Gasteiger partial charge in [-0.25, -0.2) is 13.2 Å². The first-order chi connectivity index (χ1) is 11.7. The molecule has 0 atom stereocenters. The van der Waals surface area contributed by atoms with Crippen LogP contribution in [0.4, 0.5) is 10.5 Å². The minimum absolute atomic E-state index is 0.0618. The summed E-state index contributed by atoms with van der Waals surface area (Å²) in [6, 6.07) is 6.53. The number of benzene rings is 1. The molecule has 0 aliphatic heterocycles. The predicted molar refractivity (Wildman–Crippen MR) is 94.7 cm³/mol. The van der Waals surface area contributed by atoms with E-state index in [9.17, 15) is 13.2 Å². The Bertz CT molecular complexity index is 831. The summed E-state index contributed by atoms with van der Waals surface area (Å²) in [6.45, 7) is 3.75. The van der Waals surface area contributed by atoms with Crippen LogP contribution in [0.25, 0.3) is 11.4 Å². The Kier molecular flexibility index (Phi) is 6.07. The van der Waals surface area contributed by atoms with Crippen molar-refractivity contribution in [3.63, 3.8) is 0 Å². The van der Waals surface area contributed by atoms with Crippen LogP contribution in [0, 0.1) is 5.92 Å². The molecule has 2 aromatic rings. The number of aromatic nitrogens is 4. The van der Waals surface area contributed by atoms with Gasteiger partial charge in [0.15, 0.2) is 9.84 Å². The lowest BCUT2D eigenvalue weighted by Gasteiger charge is -2.10. The van der Waals surface area contributed by atoms with E-state index in [0.717, 1.165) is 0 Å². The maximum absolute atomic E-state index is 11.9. The quantitative estimate of drug-likeness (QED) is 0.756. The van der Waals surface area contributed by atoms with Gasteiger partial charge in [0, 0.05) is 17.8 Å². The third-order valence-electron chi connectivity index (χ3n) is 3.17. The Morgan fingerprint density at radius 3 is 2.72 bits per heavy atom. The molecule has 0 saturated heterocycles. The van der Waals surface area contributed by atoms with E-state index < -0.39 is 15.9 Å². The second kappa shape index (κ2) is 8.06. The van der Waals surface area contributed by atoms with Crippen LogP contribution in [0.5, 0.6) is 0 Å². The third kappa shape index (κ3) is 6.14. The van der Waals surface area contributed by atoms with Gasteiger partial charge in [-0.15, -0.1) is 10.2 Å². The molecule has 136 valence electrons. The molecule has 0 fully saturated rings. The number of urea groups is 1. The van der Waals surface area contributed by atoms with Crippen molar-refractivity contribution in [3.05, 3.63) is 24.3 Å². The summed E-state index contributed by atoms with van der Waals surface area (Å²) >= 11 is 0. The van der Waals surface area contributed by atoms with Gasteiger partial charge in [0.25, 0.3) is 0 Å². The number of carbonyl (C=O) groups excluding carboxylic acids is 1. The highest BCUT2D eigenvalue weighted by Crippen LogP contribution is 2.18. The molecule has 2 amide bonds. The predicted octanol–water partition coefficient (Wildman–Crippen LogP) is 1.07. The lowest BCUT2D eigenvalue weighted by Crippen LogP contribution is -2.33. The van der Waals surface area contributed by atoms with Crippen molar-refractivity contribution in [1.29, 1.82) is 0 Å². The topological polar surface area (TPSA) is 119 Å². The van der Waals surface area contributed by atoms with Gasteiger partial charge in [-0.05, 0) is 23.3 Å².